The van der Waals surface area contributed by atoms with Gasteiger partial charge in [0.15, 0.2) is 0 Å². The number of nitrogens with zero attached hydrogens (tertiary/aromatic N) is 1. The van der Waals surface area contributed by atoms with Crippen LogP contribution in [0.4, 0.5) is 4.39 Å². The Morgan fingerprint density at radius 2 is 1.54 bits per heavy atom. The molecule has 1 aliphatic heterocycles. The predicted molar refractivity (Wildman–Crippen MR) is 89.2 cm³/mol. The lowest BCUT2D eigenvalue weighted by Gasteiger charge is -2.32. The summed E-state index contributed by atoms with van der Waals surface area (Å²) in [7, 11) is 0. The van der Waals surface area contributed by atoms with E-state index in [0.717, 1.165) is 0 Å². The maximum absolute atomic E-state index is 12.9. The zero-order valence-corrected chi connectivity index (χ0v) is 13.2. The van der Waals surface area contributed by atoms with E-state index in [4.69, 9.17) is 0 Å². The highest BCUT2D eigenvalue weighted by molar-refractivity contribution is 5.95. The van der Waals surface area contributed by atoms with E-state index in [1.807, 2.05) is 35.2 Å². The minimum absolute atomic E-state index is 0.0268. The van der Waals surface area contributed by atoms with Gasteiger partial charge in [-0.15, -0.1) is 0 Å². The Balaban J connectivity index is 1.53. The Labute approximate surface area is 140 Å². The van der Waals surface area contributed by atoms with Gasteiger partial charge in [0.05, 0.1) is 0 Å². The van der Waals surface area contributed by atoms with Crippen LogP contribution in [0.25, 0.3) is 0 Å². The summed E-state index contributed by atoms with van der Waals surface area (Å²) < 4.78 is 12.9. The van der Waals surface area contributed by atoms with Gasteiger partial charge in [-0.3, -0.25) is 9.59 Å². The van der Waals surface area contributed by atoms with E-state index in [1.54, 1.807) is 0 Å². The number of hydrogen-bond acceptors (Lipinski definition) is 2. The first-order valence-electron chi connectivity index (χ1n) is 8.04. The Morgan fingerprint density at radius 1 is 0.917 bits per heavy atom. The molecule has 0 aliphatic carbocycles. The van der Waals surface area contributed by atoms with Crippen molar-refractivity contribution < 1.29 is 14.0 Å². The molecule has 1 N–H and O–H groups in total. The molecular weight excluding hydrogens is 307 g/mol. The SMILES string of the molecule is O=C(NC1CCN(C(=O)c2ccccc2)CC1)c1ccc(F)cc1. The van der Waals surface area contributed by atoms with Crippen molar-refractivity contribution in [3.8, 4) is 0 Å². The van der Waals surface area contributed by atoms with Crippen molar-refractivity contribution in [1.29, 1.82) is 0 Å². The predicted octanol–water partition coefficient (Wildman–Crippen LogP) is 2.86. The summed E-state index contributed by atoms with van der Waals surface area (Å²) in [5.74, 6) is -0.541. The number of carbonyl (C=O) groups excluding carboxylic acids is 2. The smallest absolute Gasteiger partial charge is 0.253 e. The fourth-order valence-corrected chi connectivity index (χ4v) is 2.86. The van der Waals surface area contributed by atoms with Crippen molar-refractivity contribution in [2.45, 2.75) is 18.9 Å². The van der Waals surface area contributed by atoms with Crippen LogP contribution in [-0.2, 0) is 0 Å². The molecule has 0 aromatic heterocycles. The highest BCUT2D eigenvalue weighted by Gasteiger charge is 2.24. The van der Waals surface area contributed by atoms with Gasteiger partial charge in [0.25, 0.3) is 11.8 Å². The number of nitrogens with one attached hydrogen (secondary N) is 1. The third-order valence-corrected chi connectivity index (χ3v) is 4.24. The topological polar surface area (TPSA) is 49.4 Å². The average molecular weight is 326 g/mol. The lowest BCUT2D eigenvalue weighted by molar-refractivity contribution is 0.0698. The van der Waals surface area contributed by atoms with Crippen molar-refractivity contribution in [2.24, 2.45) is 0 Å². The number of benzene rings is 2. The van der Waals surface area contributed by atoms with Gasteiger partial charge in [0.2, 0.25) is 0 Å². The van der Waals surface area contributed by atoms with Crippen molar-refractivity contribution in [1.82, 2.24) is 10.2 Å². The van der Waals surface area contributed by atoms with Crippen LogP contribution in [0.2, 0.25) is 0 Å². The quantitative estimate of drug-likeness (QED) is 0.943. The maximum atomic E-state index is 12.9. The molecule has 1 aliphatic rings. The van der Waals surface area contributed by atoms with E-state index >= 15 is 0 Å². The normalized spacial score (nSPS) is 15.1. The second-order valence-corrected chi connectivity index (χ2v) is 5.91. The van der Waals surface area contributed by atoms with Gasteiger partial charge in [-0.1, -0.05) is 18.2 Å². The maximum Gasteiger partial charge on any atom is 0.253 e. The molecule has 124 valence electrons. The zero-order chi connectivity index (χ0) is 16.9. The van der Waals surface area contributed by atoms with Gasteiger partial charge >= 0.3 is 0 Å². The molecule has 5 heteroatoms. The molecule has 0 spiro atoms. The molecule has 2 aromatic rings. The first kappa shape index (κ1) is 16.2. The number of piperidine rings is 1. The Morgan fingerprint density at radius 3 is 2.17 bits per heavy atom. The highest BCUT2D eigenvalue weighted by atomic mass is 19.1. The molecule has 4 nitrogen and oxygen atoms in total. The number of rotatable bonds is 3. The second kappa shape index (κ2) is 7.25. The summed E-state index contributed by atoms with van der Waals surface area (Å²) in [6.07, 6.45) is 1.43. The first-order valence-corrected chi connectivity index (χ1v) is 8.04. The Kier molecular flexibility index (Phi) is 4.89. The summed E-state index contributed by atoms with van der Waals surface area (Å²) in [4.78, 5) is 26.3. The van der Waals surface area contributed by atoms with Crippen LogP contribution >= 0.6 is 0 Å². The molecule has 2 amide bonds. The molecule has 0 radical (unpaired) electrons. The molecule has 0 unspecified atom stereocenters. The number of halogens is 1. The zero-order valence-electron chi connectivity index (χ0n) is 13.2. The molecule has 0 bridgehead atoms. The van der Waals surface area contributed by atoms with Crippen molar-refractivity contribution >= 4 is 11.8 Å². The number of amides is 2. The largest absolute Gasteiger partial charge is 0.349 e. The summed E-state index contributed by atoms with van der Waals surface area (Å²) in [6, 6.07) is 14.7. The van der Waals surface area contributed by atoms with Crippen LogP contribution < -0.4 is 5.32 Å². The van der Waals surface area contributed by atoms with Crippen LogP contribution in [0.15, 0.2) is 54.6 Å². The fraction of sp³-hybridized carbons (Fsp3) is 0.263. The number of carbonyl (C=O) groups is 2. The van der Waals surface area contributed by atoms with Crippen LogP contribution in [0, 0.1) is 5.82 Å². The second-order valence-electron chi connectivity index (χ2n) is 5.91. The van der Waals surface area contributed by atoms with E-state index in [0.29, 0.717) is 37.1 Å². The van der Waals surface area contributed by atoms with Crippen molar-refractivity contribution in [3.63, 3.8) is 0 Å². The van der Waals surface area contributed by atoms with Gasteiger partial charge in [0.1, 0.15) is 5.82 Å². The van der Waals surface area contributed by atoms with Crippen molar-refractivity contribution in [3.05, 3.63) is 71.5 Å². The summed E-state index contributed by atoms with van der Waals surface area (Å²) in [5.41, 5.74) is 1.13. The lowest BCUT2D eigenvalue weighted by atomic mass is 10.0. The van der Waals surface area contributed by atoms with Crippen molar-refractivity contribution in [2.75, 3.05) is 13.1 Å². The Bertz CT molecular complexity index is 708. The monoisotopic (exact) mass is 326 g/mol. The molecular formula is C19H19FN2O2. The molecule has 24 heavy (non-hydrogen) atoms. The molecule has 1 fully saturated rings. The minimum atomic E-state index is -0.362. The number of hydrogen-bond donors (Lipinski definition) is 1. The van der Waals surface area contributed by atoms with Gasteiger partial charge in [-0.2, -0.15) is 0 Å². The van der Waals surface area contributed by atoms with Gasteiger partial charge in [0, 0.05) is 30.3 Å². The van der Waals surface area contributed by atoms with Crippen LogP contribution in [-0.4, -0.2) is 35.8 Å². The fourth-order valence-electron chi connectivity index (χ4n) is 2.86. The molecule has 1 saturated heterocycles. The number of likely N-dealkylation sites (tertiary alicyclic amines) is 1. The van der Waals surface area contributed by atoms with E-state index in [9.17, 15) is 14.0 Å². The molecule has 0 atom stereocenters. The van der Waals surface area contributed by atoms with E-state index in [-0.39, 0.29) is 23.7 Å². The first-order chi connectivity index (χ1) is 11.6. The third kappa shape index (κ3) is 3.79. The van der Waals surface area contributed by atoms with E-state index in [1.165, 1.54) is 24.3 Å². The average Bonchev–Trinajstić information content (AvgIpc) is 2.63. The van der Waals surface area contributed by atoms with Gasteiger partial charge < -0.3 is 10.2 Å². The standard InChI is InChI=1S/C19H19FN2O2/c20-16-8-6-14(7-9-16)18(23)21-17-10-12-22(13-11-17)19(24)15-4-2-1-3-5-15/h1-9,17H,10-13H2,(H,21,23). The third-order valence-electron chi connectivity index (χ3n) is 4.24. The summed E-state index contributed by atoms with van der Waals surface area (Å²) in [6.45, 7) is 1.23. The van der Waals surface area contributed by atoms with Crippen LogP contribution in [0.3, 0.4) is 0 Å². The molecule has 2 aromatic carbocycles. The minimum Gasteiger partial charge on any atom is -0.349 e. The van der Waals surface area contributed by atoms with Crippen LogP contribution in [0.5, 0.6) is 0 Å². The van der Waals surface area contributed by atoms with E-state index < -0.39 is 0 Å². The molecule has 0 saturated carbocycles. The lowest BCUT2D eigenvalue weighted by Crippen LogP contribution is -2.46. The summed E-state index contributed by atoms with van der Waals surface area (Å²) in [5, 5.41) is 2.95. The van der Waals surface area contributed by atoms with E-state index in [2.05, 4.69) is 5.32 Å². The van der Waals surface area contributed by atoms with Crippen LogP contribution in [0.1, 0.15) is 33.6 Å². The van der Waals surface area contributed by atoms with Gasteiger partial charge in [-0.05, 0) is 49.2 Å². The highest BCUT2D eigenvalue weighted by Crippen LogP contribution is 2.15. The molecule has 3 rings (SSSR count). The van der Waals surface area contributed by atoms with Gasteiger partial charge in [-0.25, -0.2) is 4.39 Å². The Hall–Kier alpha value is -2.69. The summed E-state index contributed by atoms with van der Waals surface area (Å²) >= 11 is 0. The molecule has 1 heterocycles.